The van der Waals surface area contributed by atoms with Crippen molar-refractivity contribution in [3.8, 4) is 0 Å². The number of benzene rings is 2. The van der Waals surface area contributed by atoms with Crippen molar-refractivity contribution in [2.75, 3.05) is 32.4 Å². The SMILES string of the molecule is CN=C(NCCc1nccn1Cc1ccccc1)N1CCC(CSc2ccccc2)C1.I. The van der Waals surface area contributed by atoms with Gasteiger partial charge in [0.1, 0.15) is 5.82 Å². The van der Waals surface area contributed by atoms with Gasteiger partial charge in [-0.2, -0.15) is 0 Å². The summed E-state index contributed by atoms with van der Waals surface area (Å²) in [7, 11) is 1.88. The van der Waals surface area contributed by atoms with Gasteiger partial charge in [-0.1, -0.05) is 48.5 Å². The number of thioether (sulfide) groups is 1. The highest BCUT2D eigenvalue weighted by molar-refractivity contribution is 14.0. The van der Waals surface area contributed by atoms with Gasteiger partial charge in [0, 0.05) is 62.7 Å². The Morgan fingerprint density at radius 2 is 1.88 bits per heavy atom. The first-order chi connectivity index (χ1) is 15.3. The number of nitrogens with one attached hydrogen (secondary N) is 1. The number of guanidine groups is 1. The van der Waals surface area contributed by atoms with Crippen LogP contribution in [0.3, 0.4) is 0 Å². The second-order valence-electron chi connectivity index (χ2n) is 7.91. The van der Waals surface area contributed by atoms with Crippen molar-refractivity contribution < 1.29 is 0 Å². The molecule has 0 bridgehead atoms. The molecule has 2 heterocycles. The Balaban J connectivity index is 0.00000289. The maximum Gasteiger partial charge on any atom is 0.193 e. The number of nitrogens with zero attached hydrogens (tertiary/aromatic N) is 4. The fourth-order valence-corrected chi connectivity index (χ4v) is 5.05. The minimum atomic E-state index is 0. The van der Waals surface area contributed by atoms with E-state index in [1.807, 2.05) is 25.0 Å². The Morgan fingerprint density at radius 1 is 1.12 bits per heavy atom. The van der Waals surface area contributed by atoms with Crippen LogP contribution in [0, 0.1) is 5.92 Å². The van der Waals surface area contributed by atoms with E-state index in [4.69, 9.17) is 0 Å². The molecule has 3 aromatic rings. The number of imidazole rings is 1. The quantitative estimate of drug-likeness (QED) is 0.186. The molecule has 1 atom stereocenters. The number of rotatable bonds is 8. The van der Waals surface area contributed by atoms with Crippen LogP contribution in [0.2, 0.25) is 0 Å². The summed E-state index contributed by atoms with van der Waals surface area (Å²) >= 11 is 1.96. The number of aliphatic imine (C=N–C) groups is 1. The third-order valence-electron chi connectivity index (χ3n) is 5.66. The summed E-state index contributed by atoms with van der Waals surface area (Å²) in [6.45, 7) is 3.83. The monoisotopic (exact) mass is 561 g/mol. The van der Waals surface area contributed by atoms with E-state index in [0.29, 0.717) is 5.92 Å². The average molecular weight is 562 g/mol. The summed E-state index contributed by atoms with van der Waals surface area (Å²) in [6, 6.07) is 21.2. The third-order valence-corrected chi connectivity index (χ3v) is 6.90. The first-order valence-corrected chi connectivity index (χ1v) is 12.0. The first-order valence-electron chi connectivity index (χ1n) is 11.0. The molecule has 5 nitrogen and oxygen atoms in total. The molecule has 170 valence electrons. The van der Waals surface area contributed by atoms with Crippen LogP contribution in [-0.4, -0.2) is 52.8 Å². The van der Waals surface area contributed by atoms with E-state index in [9.17, 15) is 0 Å². The molecular formula is C25H32IN5S. The van der Waals surface area contributed by atoms with Crippen molar-refractivity contribution in [3.05, 3.63) is 84.4 Å². The van der Waals surface area contributed by atoms with Crippen molar-refractivity contribution in [1.82, 2.24) is 19.8 Å². The zero-order chi connectivity index (χ0) is 21.3. The molecule has 1 aliphatic rings. The molecule has 1 aromatic heterocycles. The fraction of sp³-hybridized carbons (Fsp3) is 0.360. The van der Waals surface area contributed by atoms with Crippen LogP contribution >= 0.6 is 35.7 Å². The van der Waals surface area contributed by atoms with Crippen LogP contribution < -0.4 is 5.32 Å². The zero-order valence-corrected chi connectivity index (χ0v) is 21.7. The van der Waals surface area contributed by atoms with Gasteiger partial charge in [0.05, 0.1) is 0 Å². The molecule has 1 aliphatic heterocycles. The van der Waals surface area contributed by atoms with Crippen molar-refractivity contribution in [2.24, 2.45) is 10.9 Å². The Morgan fingerprint density at radius 3 is 2.62 bits per heavy atom. The van der Waals surface area contributed by atoms with Crippen LogP contribution in [0.5, 0.6) is 0 Å². The molecule has 0 aliphatic carbocycles. The van der Waals surface area contributed by atoms with Gasteiger partial charge in [-0.15, -0.1) is 35.7 Å². The lowest BCUT2D eigenvalue weighted by Gasteiger charge is -2.21. The Hall–Kier alpha value is -2.00. The van der Waals surface area contributed by atoms with E-state index in [1.54, 1.807) is 0 Å². The number of hydrogen-bond acceptors (Lipinski definition) is 3. The van der Waals surface area contributed by atoms with E-state index in [-0.39, 0.29) is 24.0 Å². The Labute approximate surface area is 212 Å². The highest BCUT2D eigenvalue weighted by Crippen LogP contribution is 2.25. The molecule has 4 rings (SSSR count). The zero-order valence-electron chi connectivity index (χ0n) is 18.6. The van der Waals surface area contributed by atoms with Crippen molar-refractivity contribution >= 4 is 41.7 Å². The van der Waals surface area contributed by atoms with Gasteiger partial charge in [0.2, 0.25) is 0 Å². The summed E-state index contributed by atoms with van der Waals surface area (Å²) in [6.07, 6.45) is 6.05. The molecule has 1 fully saturated rings. The molecule has 2 aromatic carbocycles. The topological polar surface area (TPSA) is 45.5 Å². The molecule has 1 unspecified atom stereocenters. The summed E-state index contributed by atoms with van der Waals surface area (Å²) in [5, 5.41) is 3.55. The molecule has 0 radical (unpaired) electrons. The van der Waals surface area contributed by atoms with Crippen LogP contribution in [0.15, 0.2) is 82.9 Å². The van der Waals surface area contributed by atoms with Gasteiger partial charge in [-0.25, -0.2) is 4.98 Å². The van der Waals surface area contributed by atoms with Crippen LogP contribution in [0.25, 0.3) is 0 Å². The minimum absolute atomic E-state index is 0. The standard InChI is InChI=1S/C25H31N5S.HI/c1-26-25(30-16-13-22(19-30)20-31-23-10-6-3-7-11-23)28-14-12-24-27-15-17-29(24)18-21-8-4-2-5-9-21;/h2-11,15,17,22H,12-14,16,18-20H2,1H3,(H,26,28);1H. The second-order valence-corrected chi connectivity index (χ2v) is 9.00. The summed E-state index contributed by atoms with van der Waals surface area (Å²) in [5.41, 5.74) is 1.29. The van der Waals surface area contributed by atoms with Crippen LogP contribution in [0.1, 0.15) is 17.8 Å². The van der Waals surface area contributed by atoms with Gasteiger partial charge in [-0.3, -0.25) is 4.99 Å². The van der Waals surface area contributed by atoms with Gasteiger partial charge in [-0.05, 0) is 30.0 Å². The molecule has 32 heavy (non-hydrogen) atoms. The van der Waals surface area contributed by atoms with Gasteiger partial charge in [0.25, 0.3) is 0 Å². The van der Waals surface area contributed by atoms with Crippen molar-refractivity contribution in [2.45, 2.75) is 24.3 Å². The molecule has 0 amide bonds. The lowest BCUT2D eigenvalue weighted by Crippen LogP contribution is -2.41. The predicted molar refractivity (Wildman–Crippen MR) is 145 cm³/mol. The molecule has 1 N–H and O–H groups in total. The van der Waals surface area contributed by atoms with E-state index in [1.165, 1.54) is 16.9 Å². The van der Waals surface area contributed by atoms with Gasteiger partial charge >= 0.3 is 0 Å². The maximum absolute atomic E-state index is 4.56. The lowest BCUT2D eigenvalue weighted by molar-refractivity contribution is 0.474. The second kappa shape index (κ2) is 12.9. The largest absolute Gasteiger partial charge is 0.356 e. The van der Waals surface area contributed by atoms with Crippen molar-refractivity contribution in [3.63, 3.8) is 0 Å². The van der Waals surface area contributed by atoms with E-state index >= 15 is 0 Å². The molecule has 1 saturated heterocycles. The smallest absolute Gasteiger partial charge is 0.193 e. The van der Waals surface area contributed by atoms with E-state index in [2.05, 4.69) is 91.6 Å². The molecule has 0 saturated carbocycles. The average Bonchev–Trinajstić information content (AvgIpc) is 3.46. The third kappa shape index (κ3) is 7.00. The fourth-order valence-electron chi connectivity index (χ4n) is 4.00. The van der Waals surface area contributed by atoms with E-state index in [0.717, 1.165) is 50.1 Å². The molecule has 7 heteroatoms. The number of halogens is 1. The van der Waals surface area contributed by atoms with Crippen LogP contribution in [0.4, 0.5) is 0 Å². The Bertz CT molecular complexity index is 961. The summed E-state index contributed by atoms with van der Waals surface area (Å²) < 4.78 is 2.23. The molecule has 0 spiro atoms. The van der Waals surface area contributed by atoms with Crippen LogP contribution in [-0.2, 0) is 13.0 Å². The number of aromatic nitrogens is 2. The highest BCUT2D eigenvalue weighted by Gasteiger charge is 2.24. The van der Waals surface area contributed by atoms with Crippen molar-refractivity contribution in [1.29, 1.82) is 0 Å². The first kappa shape index (κ1) is 24.6. The minimum Gasteiger partial charge on any atom is -0.356 e. The summed E-state index contributed by atoms with van der Waals surface area (Å²) in [4.78, 5) is 12.8. The number of hydrogen-bond donors (Lipinski definition) is 1. The van der Waals surface area contributed by atoms with E-state index < -0.39 is 0 Å². The molecular weight excluding hydrogens is 529 g/mol. The highest BCUT2D eigenvalue weighted by atomic mass is 127. The predicted octanol–water partition coefficient (Wildman–Crippen LogP) is 4.78. The van der Waals surface area contributed by atoms with Gasteiger partial charge < -0.3 is 14.8 Å². The number of likely N-dealkylation sites (tertiary alicyclic amines) is 1. The normalized spacial score (nSPS) is 16.1. The lowest BCUT2D eigenvalue weighted by atomic mass is 10.2. The van der Waals surface area contributed by atoms with Gasteiger partial charge in [0.15, 0.2) is 5.96 Å². The maximum atomic E-state index is 4.56. The Kier molecular flexibility index (Phi) is 9.92. The summed E-state index contributed by atoms with van der Waals surface area (Å²) in [5.74, 6) is 3.97.